The number of likely N-dealkylation sites (tertiary alicyclic amines) is 1. The minimum absolute atomic E-state index is 0.645. The molecular formula is C14H26N4. The Morgan fingerprint density at radius 1 is 1.33 bits per heavy atom. The van der Waals surface area contributed by atoms with E-state index in [2.05, 4.69) is 35.4 Å². The molecule has 1 aliphatic rings. The van der Waals surface area contributed by atoms with Crippen molar-refractivity contribution in [2.24, 2.45) is 0 Å². The first-order valence-electron chi connectivity index (χ1n) is 7.25. The molecule has 1 aromatic rings. The molecule has 102 valence electrons. The highest BCUT2D eigenvalue weighted by Crippen LogP contribution is 2.11. The molecule has 2 heterocycles. The second kappa shape index (κ2) is 6.90. The zero-order valence-electron chi connectivity index (χ0n) is 11.7. The lowest BCUT2D eigenvalue weighted by atomic mass is 10.1. The molecule has 0 amide bonds. The fraction of sp³-hybridized carbons (Fsp3) is 0.786. The number of nitrogens with one attached hydrogen (secondary N) is 1. The van der Waals surface area contributed by atoms with Crippen LogP contribution in [0.4, 0.5) is 0 Å². The first kappa shape index (κ1) is 13.6. The fourth-order valence-electron chi connectivity index (χ4n) is 2.58. The summed E-state index contributed by atoms with van der Waals surface area (Å²) in [5.74, 6) is 0. The summed E-state index contributed by atoms with van der Waals surface area (Å²) < 4.78 is 1.98. The maximum Gasteiger partial charge on any atom is 0.0534 e. The van der Waals surface area contributed by atoms with Crippen LogP contribution in [0.3, 0.4) is 0 Å². The van der Waals surface area contributed by atoms with Gasteiger partial charge in [-0.1, -0.05) is 6.42 Å². The third kappa shape index (κ3) is 3.82. The number of aryl methyl sites for hydroxylation is 1. The average molecular weight is 250 g/mol. The highest BCUT2D eigenvalue weighted by molar-refractivity contribution is 5.03. The van der Waals surface area contributed by atoms with E-state index in [1.807, 2.05) is 10.9 Å². The molecular weight excluding hydrogens is 224 g/mol. The summed E-state index contributed by atoms with van der Waals surface area (Å²) in [5, 5.41) is 7.83. The van der Waals surface area contributed by atoms with Crippen molar-refractivity contribution in [2.75, 3.05) is 19.6 Å². The Labute approximate surface area is 110 Å². The monoisotopic (exact) mass is 250 g/mol. The zero-order valence-corrected chi connectivity index (χ0v) is 11.7. The largest absolute Gasteiger partial charge is 0.311 e. The van der Waals surface area contributed by atoms with E-state index in [-0.39, 0.29) is 0 Å². The van der Waals surface area contributed by atoms with E-state index in [9.17, 15) is 0 Å². The summed E-state index contributed by atoms with van der Waals surface area (Å²) in [6.07, 6.45) is 8.23. The van der Waals surface area contributed by atoms with Gasteiger partial charge in [0, 0.05) is 37.4 Å². The Hall–Kier alpha value is -0.870. The van der Waals surface area contributed by atoms with Gasteiger partial charge in [-0.3, -0.25) is 9.58 Å². The van der Waals surface area contributed by atoms with Crippen LogP contribution in [-0.4, -0.2) is 40.4 Å². The van der Waals surface area contributed by atoms with Gasteiger partial charge in [-0.2, -0.15) is 5.10 Å². The quantitative estimate of drug-likeness (QED) is 0.836. The van der Waals surface area contributed by atoms with Crippen molar-refractivity contribution >= 4 is 0 Å². The highest BCUT2D eigenvalue weighted by Gasteiger charge is 2.15. The molecule has 1 aromatic heterocycles. The molecule has 0 saturated carbocycles. The molecule has 0 bridgehead atoms. The topological polar surface area (TPSA) is 33.1 Å². The average Bonchev–Trinajstić information content (AvgIpc) is 2.87. The van der Waals surface area contributed by atoms with Gasteiger partial charge in [0.25, 0.3) is 0 Å². The first-order valence-corrected chi connectivity index (χ1v) is 7.25. The zero-order chi connectivity index (χ0) is 12.8. The predicted molar refractivity (Wildman–Crippen MR) is 74.5 cm³/mol. The van der Waals surface area contributed by atoms with Gasteiger partial charge in [-0.15, -0.1) is 0 Å². The summed E-state index contributed by atoms with van der Waals surface area (Å²) in [4.78, 5) is 2.60. The SMILES string of the molecule is CCn1cc(CNCC(C)N2CCCCC2)cn1. The third-order valence-corrected chi connectivity index (χ3v) is 3.79. The van der Waals surface area contributed by atoms with Gasteiger partial charge >= 0.3 is 0 Å². The lowest BCUT2D eigenvalue weighted by molar-refractivity contribution is 0.170. The van der Waals surface area contributed by atoms with Crippen molar-refractivity contribution in [3.05, 3.63) is 18.0 Å². The molecule has 4 nitrogen and oxygen atoms in total. The van der Waals surface area contributed by atoms with Gasteiger partial charge in [0.05, 0.1) is 6.20 Å². The van der Waals surface area contributed by atoms with Crippen molar-refractivity contribution < 1.29 is 0 Å². The number of hydrogen-bond donors (Lipinski definition) is 1. The van der Waals surface area contributed by atoms with Crippen molar-refractivity contribution in [3.63, 3.8) is 0 Å². The second-order valence-electron chi connectivity index (χ2n) is 5.28. The minimum Gasteiger partial charge on any atom is -0.311 e. The standard InChI is InChI=1S/C14H26N4/c1-3-18-12-14(11-16-18)10-15-9-13(2)17-7-5-4-6-8-17/h11-13,15H,3-10H2,1-2H3. The number of nitrogens with zero attached hydrogens (tertiary/aromatic N) is 3. The number of piperidine rings is 1. The van der Waals surface area contributed by atoms with Crippen LogP contribution in [0.2, 0.25) is 0 Å². The molecule has 2 rings (SSSR count). The molecule has 1 aliphatic heterocycles. The van der Waals surface area contributed by atoms with Crippen LogP contribution in [0.5, 0.6) is 0 Å². The number of rotatable bonds is 6. The van der Waals surface area contributed by atoms with E-state index >= 15 is 0 Å². The predicted octanol–water partition coefficient (Wildman–Crippen LogP) is 1.87. The van der Waals surface area contributed by atoms with Gasteiger partial charge in [0.15, 0.2) is 0 Å². The lowest BCUT2D eigenvalue weighted by Crippen LogP contribution is -2.42. The molecule has 1 N–H and O–H groups in total. The Balaban J connectivity index is 1.67. The third-order valence-electron chi connectivity index (χ3n) is 3.79. The smallest absolute Gasteiger partial charge is 0.0534 e. The van der Waals surface area contributed by atoms with Gasteiger partial charge in [-0.05, 0) is 39.8 Å². The van der Waals surface area contributed by atoms with Crippen LogP contribution in [-0.2, 0) is 13.1 Å². The van der Waals surface area contributed by atoms with Gasteiger partial charge in [0.2, 0.25) is 0 Å². The fourth-order valence-corrected chi connectivity index (χ4v) is 2.58. The van der Waals surface area contributed by atoms with Crippen LogP contribution >= 0.6 is 0 Å². The lowest BCUT2D eigenvalue weighted by Gasteiger charge is -2.32. The molecule has 1 atom stereocenters. The van der Waals surface area contributed by atoms with E-state index in [0.29, 0.717) is 6.04 Å². The van der Waals surface area contributed by atoms with E-state index in [4.69, 9.17) is 0 Å². The summed E-state index contributed by atoms with van der Waals surface area (Å²) >= 11 is 0. The molecule has 0 radical (unpaired) electrons. The van der Waals surface area contributed by atoms with E-state index in [1.54, 1.807) is 0 Å². The van der Waals surface area contributed by atoms with E-state index < -0.39 is 0 Å². The van der Waals surface area contributed by atoms with Gasteiger partial charge < -0.3 is 5.32 Å². The van der Waals surface area contributed by atoms with E-state index in [0.717, 1.165) is 19.6 Å². The normalized spacial score (nSPS) is 19.0. The van der Waals surface area contributed by atoms with Crippen molar-refractivity contribution in [3.8, 4) is 0 Å². The Morgan fingerprint density at radius 2 is 2.11 bits per heavy atom. The maximum absolute atomic E-state index is 4.29. The van der Waals surface area contributed by atoms with Crippen LogP contribution in [0.25, 0.3) is 0 Å². The Kier molecular flexibility index (Phi) is 5.20. The molecule has 4 heteroatoms. The molecule has 1 fully saturated rings. The number of aromatic nitrogens is 2. The second-order valence-corrected chi connectivity index (χ2v) is 5.28. The summed E-state index contributed by atoms with van der Waals surface area (Å²) in [5.41, 5.74) is 1.28. The number of hydrogen-bond acceptors (Lipinski definition) is 3. The summed E-state index contributed by atoms with van der Waals surface area (Å²) in [6, 6.07) is 0.645. The molecule has 0 spiro atoms. The van der Waals surface area contributed by atoms with Crippen LogP contribution in [0.15, 0.2) is 12.4 Å². The summed E-state index contributed by atoms with van der Waals surface area (Å²) in [7, 11) is 0. The van der Waals surface area contributed by atoms with Crippen LogP contribution < -0.4 is 5.32 Å². The molecule has 1 unspecified atom stereocenters. The van der Waals surface area contributed by atoms with Gasteiger partial charge in [0.1, 0.15) is 0 Å². The molecule has 1 saturated heterocycles. The Morgan fingerprint density at radius 3 is 2.78 bits per heavy atom. The molecule has 0 aliphatic carbocycles. The molecule has 18 heavy (non-hydrogen) atoms. The minimum atomic E-state index is 0.645. The van der Waals surface area contributed by atoms with Crippen LogP contribution in [0, 0.1) is 0 Å². The molecule has 0 aromatic carbocycles. The highest BCUT2D eigenvalue weighted by atomic mass is 15.3. The first-order chi connectivity index (χ1) is 8.79. The Bertz CT molecular complexity index is 341. The maximum atomic E-state index is 4.29. The summed E-state index contributed by atoms with van der Waals surface area (Å²) in [6.45, 7) is 9.93. The van der Waals surface area contributed by atoms with Crippen molar-refractivity contribution in [1.82, 2.24) is 20.0 Å². The van der Waals surface area contributed by atoms with E-state index in [1.165, 1.54) is 37.9 Å². The van der Waals surface area contributed by atoms with Crippen LogP contribution in [0.1, 0.15) is 38.7 Å². The van der Waals surface area contributed by atoms with Crippen molar-refractivity contribution in [2.45, 2.75) is 52.2 Å². The van der Waals surface area contributed by atoms with Gasteiger partial charge in [-0.25, -0.2) is 0 Å². The van der Waals surface area contributed by atoms with Crippen molar-refractivity contribution in [1.29, 1.82) is 0 Å².